The molecule has 0 spiro atoms. The summed E-state index contributed by atoms with van der Waals surface area (Å²) in [7, 11) is 0. The van der Waals surface area contributed by atoms with E-state index < -0.39 is 0 Å². The first-order valence-corrected chi connectivity index (χ1v) is 8.25. The number of halogens is 1. The Hall–Kier alpha value is -1.36. The smallest absolute Gasteiger partial charge is 0.253 e. The first-order valence-electron chi connectivity index (χ1n) is 7.33. The van der Waals surface area contributed by atoms with Crippen molar-refractivity contribution in [1.29, 1.82) is 0 Å². The average molecular weight is 353 g/mol. The van der Waals surface area contributed by atoms with E-state index in [1.54, 1.807) is 24.3 Å². The highest BCUT2D eigenvalue weighted by atomic mass is 79.9. The maximum atomic E-state index is 12.2. The number of nitrogens with zero attached hydrogens (tertiary/aromatic N) is 1. The van der Waals surface area contributed by atoms with E-state index in [0.717, 1.165) is 25.9 Å². The highest BCUT2D eigenvalue weighted by Crippen LogP contribution is 2.18. The van der Waals surface area contributed by atoms with E-state index in [4.69, 9.17) is 0 Å². The zero-order valence-corrected chi connectivity index (χ0v) is 14.0. The molecule has 5 heteroatoms. The van der Waals surface area contributed by atoms with E-state index in [0.29, 0.717) is 11.3 Å². The van der Waals surface area contributed by atoms with Gasteiger partial charge in [-0.05, 0) is 43.0 Å². The molecule has 1 aromatic rings. The average Bonchev–Trinajstić information content (AvgIpc) is 3.00. The van der Waals surface area contributed by atoms with E-state index in [2.05, 4.69) is 21.2 Å². The third-order valence-corrected chi connectivity index (χ3v) is 5.10. The predicted octanol–water partition coefficient (Wildman–Crippen LogP) is 3.28. The molecule has 2 rings (SSSR count). The minimum atomic E-state index is -0.219. The van der Waals surface area contributed by atoms with Gasteiger partial charge in [-0.2, -0.15) is 0 Å². The van der Waals surface area contributed by atoms with Gasteiger partial charge in [0, 0.05) is 24.3 Å². The lowest BCUT2D eigenvalue weighted by Crippen LogP contribution is -2.28. The molecule has 4 nitrogen and oxygen atoms in total. The van der Waals surface area contributed by atoms with E-state index >= 15 is 0 Å². The molecule has 1 N–H and O–H groups in total. The van der Waals surface area contributed by atoms with Gasteiger partial charge in [0.05, 0.1) is 4.83 Å². The summed E-state index contributed by atoms with van der Waals surface area (Å²) < 4.78 is 0. The summed E-state index contributed by atoms with van der Waals surface area (Å²) in [6.45, 7) is 5.65. The Balaban J connectivity index is 1.98. The fraction of sp³-hybridized carbons (Fsp3) is 0.500. The fourth-order valence-corrected chi connectivity index (χ4v) is 2.43. The lowest BCUT2D eigenvalue weighted by Gasteiger charge is -2.16. The largest absolute Gasteiger partial charge is 0.339 e. The van der Waals surface area contributed by atoms with Crippen LogP contribution in [0.4, 0.5) is 5.69 Å². The molecule has 2 amide bonds. The number of carbonyl (C=O) groups excluding carboxylic acids is 2. The van der Waals surface area contributed by atoms with Crippen molar-refractivity contribution >= 4 is 33.4 Å². The van der Waals surface area contributed by atoms with Crippen LogP contribution in [0.5, 0.6) is 0 Å². The van der Waals surface area contributed by atoms with Gasteiger partial charge in [-0.3, -0.25) is 9.59 Å². The Morgan fingerprint density at radius 3 is 2.24 bits per heavy atom. The summed E-state index contributed by atoms with van der Waals surface area (Å²) in [5, 5.41) is 2.85. The zero-order valence-electron chi connectivity index (χ0n) is 12.4. The first kappa shape index (κ1) is 16.0. The van der Waals surface area contributed by atoms with Crippen LogP contribution in [-0.4, -0.2) is 34.6 Å². The van der Waals surface area contributed by atoms with E-state index in [9.17, 15) is 9.59 Å². The topological polar surface area (TPSA) is 49.4 Å². The Bertz CT molecular complexity index is 508. The number of nitrogens with one attached hydrogen (secondary N) is 1. The van der Waals surface area contributed by atoms with Crippen LogP contribution in [-0.2, 0) is 4.79 Å². The molecule has 1 aromatic carbocycles. The summed E-state index contributed by atoms with van der Waals surface area (Å²) in [4.78, 5) is 25.8. The maximum absolute atomic E-state index is 12.2. The van der Waals surface area contributed by atoms with Crippen LogP contribution in [0.2, 0.25) is 0 Å². The standard InChI is InChI=1S/C16H21BrN2O2/c1-11(2)14(17)15(20)18-13-7-5-12(6-8-13)16(21)19-9-3-4-10-19/h5-8,11,14H,3-4,9-10H2,1-2H3,(H,18,20). The van der Waals surface area contributed by atoms with Crippen molar-refractivity contribution in [1.82, 2.24) is 4.90 Å². The van der Waals surface area contributed by atoms with Gasteiger partial charge in [-0.25, -0.2) is 0 Å². The van der Waals surface area contributed by atoms with Gasteiger partial charge in [0.2, 0.25) is 5.91 Å². The summed E-state index contributed by atoms with van der Waals surface area (Å²) >= 11 is 3.37. The van der Waals surface area contributed by atoms with Crippen LogP contribution in [0.1, 0.15) is 37.0 Å². The molecule has 0 radical (unpaired) electrons. The Labute approximate surface area is 134 Å². The van der Waals surface area contributed by atoms with Gasteiger partial charge in [0.15, 0.2) is 0 Å². The van der Waals surface area contributed by atoms with E-state index in [-0.39, 0.29) is 22.6 Å². The number of alkyl halides is 1. The second-order valence-electron chi connectivity index (χ2n) is 5.71. The van der Waals surface area contributed by atoms with Crippen LogP contribution in [0.25, 0.3) is 0 Å². The number of carbonyl (C=O) groups is 2. The van der Waals surface area contributed by atoms with Crippen molar-refractivity contribution in [2.24, 2.45) is 5.92 Å². The van der Waals surface area contributed by atoms with E-state index in [1.165, 1.54) is 0 Å². The van der Waals surface area contributed by atoms with Gasteiger partial charge in [0.1, 0.15) is 0 Å². The van der Waals surface area contributed by atoms with Gasteiger partial charge < -0.3 is 10.2 Å². The molecule has 0 bridgehead atoms. The van der Waals surface area contributed by atoms with Gasteiger partial charge in [-0.1, -0.05) is 29.8 Å². The van der Waals surface area contributed by atoms with Crippen LogP contribution in [0.3, 0.4) is 0 Å². The predicted molar refractivity (Wildman–Crippen MR) is 87.8 cm³/mol. The monoisotopic (exact) mass is 352 g/mol. The first-order chi connectivity index (χ1) is 9.99. The van der Waals surface area contributed by atoms with Gasteiger partial charge in [-0.15, -0.1) is 0 Å². The quantitative estimate of drug-likeness (QED) is 0.845. The Kier molecular flexibility index (Phi) is 5.39. The molecule has 114 valence electrons. The molecule has 0 aliphatic carbocycles. The van der Waals surface area contributed by atoms with Crippen LogP contribution in [0.15, 0.2) is 24.3 Å². The van der Waals surface area contributed by atoms with E-state index in [1.807, 2.05) is 18.7 Å². The second-order valence-corrected chi connectivity index (χ2v) is 6.70. The molecule has 1 fully saturated rings. The fourth-order valence-electron chi connectivity index (χ4n) is 2.31. The van der Waals surface area contributed by atoms with Crippen molar-refractivity contribution in [3.8, 4) is 0 Å². The van der Waals surface area contributed by atoms with Gasteiger partial charge >= 0.3 is 0 Å². The summed E-state index contributed by atoms with van der Waals surface area (Å²) in [5.41, 5.74) is 1.39. The minimum absolute atomic E-state index is 0.0661. The number of rotatable bonds is 4. The van der Waals surface area contributed by atoms with Crippen LogP contribution in [0, 0.1) is 5.92 Å². The lowest BCUT2D eigenvalue weighted by molar-refractivity contribution is -0.116. The molecule has 1 atom stereocenters. The van der Waals surface area contributed by atoms with Gasteiger partial charge in [0.25, 0.3) is 5.91 Å². The molecule has 1 heterocycles. The number of hydrogen-bond donors (Lipinski definition) is 1. The normalized spacial score (nSPS) is 16.1. The molecular formula is C16H21BrN2O2. The maximum Gasteiger partial charge on any atom is 0.253 e. The molecule has 0 aromatic heterocycles. The summed E-state index contributed by atoms with van der Waals surface area (Å²) in [5.74, 6) is 0.232. The van der Waals surface area contributed by atoms with Crippen LogP contribution < -0.4 is 5.32 Å². The molecule has 1 unspecified atom stereocenters. The van der Waals surface area contributed by atoms with Crippen molar-refractivity contribution in [2.75, 3.05) is 18.4 Å². The zero-order chi connectivity index (χ0) is 15.4. The Morgan fingerprint density at radius 1 is 1.14 bits per heavy atom. The summed E-state index contributed by atoms with van der Waals surface area (Å²) in [6, 6.07) is 7.10. The van der Waals surface area contributed by atoms with Crippen molar-refractivity contribution in [3.63, 3.8) is 0 Å². The molecule has 1 aliphatic heterocycles. The number of likely N-dealkylation sites (tertiary alicyclic amines) is 1. The molecule has 1 saturated heterocycles. The number of hydrogen-bond acceptors (Lipinski definition) is 2. The second kappa shape index (κ2) is 7.07. The molecular weight excluding hydrogens is 332 g/mol. The number of benzene rings is 1. The SMILES string of the molecule is CC(C)C(Br)C(=O)Nc1ccc(C(=O)N2CCCC2)cc1. The van der Waals surface area contributed by atoms with Crippen molar-refractivity contribution < 1.29 is 9.59 Å². The Morgan fingerprint density at radius 2 is 1.71 bits per heavy atom. The highest BCUT2D eigenvalue weighted by molar-refractivity contribution is 9.10. The van der Waals surface area contributed by atoms with Crippen molar-refractivity contribution in [3.05, 3.63) is 29.8 Å². The lowest BCUT2D eigenvalue weighted by atomic mass is 10.1. The number of amides is 2. The molecule has 1 aliphatic rings. The number of anilines is 1. The highest BCUT2D eigenvalue weighted by Gasteiger charge is 2.20. The molecule has 0 saturated carbocycles. The summed E-state index contributed by atoms with van der Waals surface area (Å²) in [6.07, 6.45) is 2.17. The minimum Gasteiger partial charge on any atom is -0.339 e. The van der Waals surface area contributed by atoms with Crippen molar-refractivity contribution in [2.45, 2.75) is 31.5 Å². The molecule has 21 heavy (non-hydrogen) atoms. The third kappa shape index (κ3) is 4.06. The van der Waals surface area contributed by atoms with Crippen LogP contribution >= 0.6 is 15.9 Å². The third-order valence-electron chi connectivity index (χ3n) is 3.63.